The van der Waals surface area contributed by atoms with Crippen LogP contribution < -0.4 is 11.1 Å². The van der Waals surface area contributed by atoms with Gasteiger partial charge in [0.05, 0.1) is 27.1 Å². The van der Waals surface area contributed by atoms with Crippen molar-refractivity contribution in [3.63, 3.8) is 0 Å². The molecular weight excluding hydrogens is 573 g/mol. The molecule has 0 spiro atoms. The highest BCUT2D eigenvalue weighted by Crippen LogP contribution is 2.27. The van der Waals surface area contributed by atoms with E-state index in [0.717, 1.165) is 34.7 Å². The Kier molecular flexibility index (Phi) is 11.1. The molecule has 0 saturated carbocycles. The van der Waals surface area contributed by atoms with Crippen molar-refractivity contribution < 1.29 is 9.59 Å². The van der Waals surface area contributed by atoms with Gasteiger partial charge in [-0.3, -0.25) is 19.5 Å². The third kappa shape index (κ3) is 8.87. The molecule has 0 aliphatic heterocycles. The minimum absolute atomic E-state index is 0.197. The summed E-state index contributed by atoms with van der Waals surface area (Å²) in [6.07, 6.45) is 4.02. The number of carbonyl (C=O) groups is 2. The smallest absolute Gasteiger partial charge is 0.240 e. The molecule has 0 bridgehead atoms. The molecule has 2 amide bonds. The summed E-state index contributed by atoms with van der Waals surface area (Å²) in [7, 11) is 4.01. The van der Waals surface area contributed by atoms with Crippen molar-refractivity contribution in [1.82, 2.24) is 29.9 Å². The van der Waals surface area contributed by atoms with Crippen LogP contribution in [0.25, 0.3) is 16.9 Å². The maximum atomic E-state index is 13.0. The van der Waals surface area contributed by atoms with Gasteiger partial charge in [-0.15, -0.1) is 0 Å². The van der Waals surface area contributed by atoms with Crippen LogP contribution >= 0.6 is 23.2 Å². The number of likely N-dealkylation sites (N-methyl/N-ethyl adjacent to an activating group) is 1. The summed E-state index contributed by atoms with van der Waals surface area (Å²) < 4.78 is 1.84. The molecule has 2 heterocycles. The molecule has 220 valence electrons. The van der Waals surface area contributed by atoms with Crippen LogP contribution in [0.5, 0.6) is 0 Å². The van der Waals surface area contributed by atoms with Crippen molar-refractivity contribution in [2.45, 2.75) is 25.4 Å². The Morgan fingerprint density at radius 2 is 1.76 bits per heavy atom. The highest BCUT2D eigenvalue weighted by atomic mass is 35.5. The third-order valence-electron chi connectivity index (χ3n) is 6.75. The van der Waals surface area contributed by atoms with Gasteiger partial charge >= 0.3 is 0 Å². The van der Waals surface area contributed by atoms with Gasteiger partial charge in [-0.05, 0) is 56.1 Å². The van der Waals surface area contributed by atoms with E-state index in [1.165, 1.54) is 0 Å². The van der Waals surface area contributed by atoms with E-state index in [4.69, 9.17) is 34.0 Å². The molecule has 9 nitrogen and oxygen atoms in total. The second kappa shape index (κ2) is 14.9. The van der Waals surface area contributed by atoms with E-state index in [0.29, 0.717) is 36.1 Å². The predicted octanol–water partition coefficient (Wildman–Crippen LogP) is 4.21. The summed E-state index contributed by atoms with van der Waals surface area (Å²) in [5, 5.41) is 8.58. The standard InChI is InChI=1S/C31H35Cl2N7O2/c1-38(2)15-16-39(14-12-30(41)36-29(31(34)42)17-22-7-4-3-5-8-22)21-25-19-28(23-9-6-13-35-20-23)37-40(25)24-10-11-26(32)27(33)18-24/h3-11,13,18-20,29H,12,14-17,21H2,1-2H3,(H2,34,42)(H,36,41)/t29-/m0/s1. The Balaban J connectivity index is 1.53. The van der Waals surface area contributed by atoms with Gasteiger partial charge in [-0.25, -0.2) is 4.68 Å². The molecule has 0 radical (unpaired) electrons. The first-order valence-electron chi connectivity index (χ1n) is 13.6. The first kappa shape index (κ1) is 31.2. The molecule has 42 heavy (non-hydrogen) atoms. The van der Waals surface area contributed by atoms with Crippen LogP contribution in [0.1, 0.15) is 17.7 Å². The summed E-state index contributed by atoms with van der Waals surface area (Å²) in [5.74, 6) is -0.802. The number of hydrogen-bond acceptors (Lipinski definition) is 6. The fourth-order valence-electron chi connectivity index (χ4n) is 4.47. The topological polar surface area (TPSA) is 109 Å². The van der Waals surface area contributed by atoms with Crippen molar-refractivity contribution in [2.75, 3.05) is 33.7 Å². The number of halogens is 2. The highest BCUT2D eigenvalue weighted by Gasteiger charge is 2.21. The lowest BCUT2D eigenvalue weighted by atomic mass is 10.1. The molecule has 4 aromatic rings. The van der Waals surface area contributed by atoms with Gasteiger partial charge in [0.15, 0.2) is 0 Å². The van der Waals surface area contributed by atoms with Crippen LogP contribution in [0.15, 0.2) is 79.1 Å². The zero-order valence-electron chi connectivity index (χ0n) is 23.7. The number of benzene rings is 2. The molecule has 0 saturated heterocycles. The molecular formula is C31H35Cl2N7O2. The van der Waals surface area contributed by atoms with Crippen molar-refractivity contribution in [3.8, 4) is 16.9 Å². The van der Waals surface area contributed by atoms with Gasteiger partial charge < -0.3 is 16.0 Å². The molecule has 0 fully saturated rings. The van der Waals surface area contributed by atoms with Crippen LogP contribution in [0.2, 0.25) is 10.0 Å². The number of pyridine rings is 1. The maximum absolute atomic E-state index is 13.0. The van der Waals surface area contributed by atoms with Gasteiger partial charge in [-0.2, -0.15) is 5.10 Å². The molecule has 11 heteroatoms. The van der Waals surface area contributed by atoms with Crippen LogP contribution in [-0.2, 0) is 22.6 Å². The fraction of sp³-hybridized carbons (Fsp3) is 0.290. The van der Waals surface area contributed by atoms with E-state index in [2.05, 4.69) is 20.1 Å². The van der Waals surface area contributed by atoms with Crippen molar-refractivity contribution >= 4 is 35.0 Å². The summed E-state index contributed by atoms with van der Waals surface area (Å²) >= 11 is 12.5. The number of nitrogens with two attached hydrogens (primary N) is 1. The summed E-state index contributed by atoms with van der Waals surface area (Å²) in [4.78, 5) is 33.6. The largest absolute Gasteiger partial charge is 0.368 e. The summed E-state index contributed by atoms with van der Waals surface area (Å²) in [5.41, 5.74) is 9.86. The Morgan fingerprint density at radius 3 is 2.43 bits per heavy atom. The van der Waals surface area contributed by atoms with Crippen molar-refractivity contribution in [1.29, 1.82) is 0 Å². The monoisotopic (exact) mass is 607 g/mol. The van der Waals surface area contributed by atoms with Gasteiger partial charge in [0.1, 0.15) is 6.04 Å². The van der Waals surface area contributed by atoms with E-state index >= 15 is 0 Å². The minimum atomic E-state index is -0.784. The zero-order chi connectivity index (χ0) is 30.1. The Labute approximate surface area is 256 Å². The van der Waals surface area contributed by atoms with E-state index in [9.17, 15) is 9.59 Å². The second-order valence-electron chi connectivity index (χ2n) is 10.3. The number of hydrogen-bond donors (Lipinski definition) is 2. The first-order valence-corrected chi connectivity index (χ1v) is 14.4. The molecule has 2 aromatic heterocycles. The molecule has 0 unspecified atom stereocenters. The lowest BCUT2D eigenvalue weighted by Crippen LogP contribution is -2.46. The average Bonchev–Trinajstić information content (AvgIpc) is 3.40. The van der Waals surface area contributed by atoms with E-state index in [1.807, 2.05) is 73.4 Å². The summed E-state index contributed by atoms with van der Waals surface area (Å²) in [6.45, 7) is 2.47. The predicted molar refractivity (Wildman–Crippen MR) is 167 cm³/mol. The SMILES string of the molecule is CN(C)CCN(CCC(=O)N[C@@H](Cc1ccccc1)C(N)=O)Cc1cc(-c2cccnc2)nn1-c1ccc(Cl)c(Cl)c1. The number of carbonyl (C=O) groups excluding carboxylic acids is 2. The number of nitrogens with zero attached hydrogens (tertiary/aromatic N) is 5. The van der Waals surface area contributed by atoms with Gasteiger partial charge in [0, 0.05) is 57.0 Å². The first-order chi connectivity index (χ1) is 20.2. The molecule has 2 aromatic carbocycles. The minimum Gasteiger partial charge on any atom is -0.368 e. The number of amides is 2. The van der Waals surface area contributed by atoms with Gasteiger partial charge in [0.2, 0.25) is 11.8 Å². The molecule has 0 aliphatic carbocycles. The number of rotatable bonds is 14. The van der Waals surface area contributed by atoms with Crippen LogP contribution in [0.4, 0.5) is 0 Å². The molecule has 0 aliphatic rings. The Morgan fingerprint density at radius 1 is 0.976 bits per heavy atom. The lowest BCUT2D eigenvalue weighted by molar-refractivity contribution is -0.127. The van der Waals surface area contributed by atoms with E-state index < -0.39 is 11.9 Å². The third-order valence-corrected chi connectivity index (χ3v) is 7.49. The number of primary amides is 1. The van der Waals surface area contributed by atoms with Crippen LogP contribution in [0.3, 0.4) is 0 Å². The Hall–Kier alpha value is -3.76. The molecule has 1 atom stereocenters. The normalized spacial score (nSPS) is 12.0. The quantitative estimate of drug-likeness (QED) is 0.222. The maximum Gasteiger partial charge on any atom is 0.240 e. The highest BCUT2D eigenvalue weighted by molar-refractivity contribution is 6.42. The van der Waals surface area contributed by atoms with Gasteiger partial charge in [-0.1, -0.05) is 53.5 Å². The molecule has 3 N–H and O–H groups in total. The second-order valence-corrected chi connectivity index (χ2v) is 11.1. The molecule has 4 rings (SSSR count). The fourth-order valence-corrected chi connectivity index (χ4v) is 4.76. The lowest BCUT2D eigenvalue weighted by Gasteiger charge is -2.25. The van der Waals surface area contributed by atoms with E-state index in [-0.39, 0.29) is 12.3 Å². The van der Waals surface area contributed by atoms with Crippen molar-refractivity contribution in [3.05, 3.63) is 100 Å². The zero-order valence-corrected chi connectivity index (χ0v) is 25.2. The average molecular weight is 609 g/mol. The number of aromatic nitrogens is 3. The van der Waals surface area contributed by atoms with Crippen LogP contribution in [-0.4, -0.2) is 76.2 Å². The van der Waals surface area contributed by atoms with Crippen molar-refractivity contribution in [2.24, 2.45) is 5.73 Å². The van der Waals surface area contributed by atoms with Crippen LogP contribution in [0, 0.1) is 0 Å². The Bertz CT molecular complexity index is 1480. The van der Waals surface area contributed by atoms with Gasteiger partial charge in [0.25, 0.3) is 0 Å². The summed E-state index contributed by atoms with van der Waals surface area (Å²) in [6, 6.07) is 19.9. The number of nitrogens with one attached hydrogen (secondary N) is 1. The van der Waals surface area contributed by atoms with E-state index in [1.54, 1.807) is 24.5 Å².